The molecule has 7 heteroatoms. The van der Waals surface area contributed by atoms with Crippen LogP contribution >= 0.6 is 0 Å². The lowest BCUT2D eigenvalue weighted by atomic mass is 10.1. The molecular formula is C12H9NO6. The molecule has 2 amide bonds. The van der Waals surface area contributed by atoms with Gasteiger partial charge in [0.1, 0.15) is 5.75 Å². The first-order valence-electron chi connectivity index (χ1n) is 5.39. The lowest BCUT2D eigenvalue weighted by molar-refractivity contribution is -0.172. The minimum Gasteiger partial charge on any atom is -0.507 e. The molecule has 7 nitrogen and oxygen atoms in total. The van der Waals surface area contributed by atoms with Crippen molar-refractivity contribution in [3.63, 3.8) is 0 Å². The number of phenols is 1. The Kier molecular flexibility index (Phi) is 3.28. The summed E-state index contributed by atoms with van der Waals surface area (Å²) in [7, 11) is 0. The van der Waals surface area contributed by atoms with E-state index in [4.69, 9.17) is 0 Å². The summed E-state index contributed by atoms with van der Waals surface area (Å²) in [5.41, 5.74) is -0.138. The van der Waals surface area contributed by atoms with E-state index >= 15 is 0 Å². The molecule has 0 atom stereocenters. The van der Waals surface area contributed by atoms with Gasteiger partial charge in [-0.15, -0.1) is 5.06 Å². The molecule has 1 N–H and O–H groups in total. The zero-order chi connectivity index (χ0) is 14.0. The van der Waals surface area contributed by atoms with E-state index in [1.165, 1.54) is 6.07 Å². The van der Waals surface area contributed by atoms with Crippen molar-refractivity contribution in [1.82, 2.24) is 5.06 Å². The summed E-state index contributed by atoms with van der Waals surface area (Å²) in [6.45, 7) is 0. The number of nitrogens with zero attached hydrogens (tertiary/aromatic N) is 1. The second kappa shape index (κ2) is 4.89. The number of hydrogen-bond acceptors (Lipinski definition) is 6. The van der Waals surface area contributed by atoms with Crippen LogP contribution in [0.1, 0.15) is 33.6 Å². The van der Waals surface area contributed by atoms with Crippen molar-refractivity contribution in [1.29, 1.82) is 0 Å². The Morgan fingerprint density at radius 1 is 1.26 bits per heavy atom. The number of carbonyl (C=O) groups is 4. The Balaban J connectivity index is 2.18. The maximum atomic E-state index is 11.7. The molecule has 0 spiro atoms. The van der Waals surface area contributed by atoms with E-state index in [1.54, 1.807) is 0 Å². The van der Waals surface area contributed by atoms with Gasteiger partial charge in [0.2, 0.25) is 0 Å². The van der Waals surface area contributed by atoms with Gasteiger partial charge in [-0.05, 0) is 18.2 Å². The molecule has 2 rings (SSSR count). The standard InChI is InChI=1S/C12H9NO6/c14-6-8-5-7(1-2-9(8)15)12(18)19-13-10(16)3-4-11(13)17/h1-2,5-6,15H,3-4H2. The van der Waals surface area contributed by atoms with Gasteiger partial charge in [-0.25, -0.2) is 4.79 Å². The van der Waals surface area contributed by atoms with Crippen LogP contribution in [0.2, 0.25) is 0 Å². The van der Waals surface area contributed by atoms with Crippen LogP contribution in [0.4, 0.5) is 0 Å². The van der Waals surface area contributed by atoms with Crippen molar-refractivity contribution in [2.45, 2.75) is 12.8 Å². The van der Waals surface area contributed by atoms with Gasteiger partial charge in [0.05, 0.1) is 11.1 Å². The molecule has 19 heavy (non-hydrogen) atoms. The van der Waals surface area contributed by atoms with E-state index in [1.807, 2.05) is 0 Å². The predicted octanol–water partition coefficient (Wildman–Crippen LogP) is 0.426. The first-order chi connectivity index (χ1) is 9.02. The summed E-state index contributed by atoms with van der Waals surface area (Å²) in [4.78, 5) is 49.5. The molecule has 0 unspecified atom stereocenters. The van der Waals surface area contributed by atoms with Crippen LogP contribution in [0.3, 0.4) is 0 Å². The van der Waals surface area contributed by atoms with Gasteiger partial charge in [-0.3, -0.25) is 14.4 Å². The van der Waals surface area contributed by atoms with Crippen molar-refractivity contribution in [2.24, 2.45) is 0 Å². The third kappa shape index (κ3) is 2.44. The zero-order valence-corrected chi connectivity index (χ0v) is 9.66. The van der Waals surface area contributed by atoms with E-state index < -0.39 is 17.8 Å². The Morgan fingerprint density at radius 2 is 1.89 bits per heavy atom. The normalized spacial score (nSPS) is 14.6. The van der Waals surface area contributed by atoms with Crippen molar-refractivity contribution in [3.05, 3.63) is 29.3 Å². The molecule has 1 aliphatic rings. The predicted molar refractivity (Wildman–Crippen MR) is 60.0 cm³/mol. The molecule has 1 saturated heterocycles. The number of phenolic OH excluding ortho intramolecular Hbond substituents is 1. The highest BCUT2D eigenvalue weighted by atomic mass is 16.7. The minimum atomic E-state index is -0.952. The Morgan fingerprint density at radius 3 is 2.47 bits per heavy atom. The molecule has 0 aromatic heterocycles. The summed E-state index contributed by atoms with van der Waals surface area (Å²) >= 11 is 0. The Hall–Kier alpha value is -2.70. The van der Waals surface area contributed by atoms with Crippen molar-refractivity contribution in [3.8, 4) is 5.75 Å². The van der Waals surface area contributed by atoms with Crippen molar-refractivity contribution >= 4 is 24.1 Å². The van der Waals surface area contributed by atoms with Crippen LogP contribution in [0, 0.1) is 0 Å². The highest BCUT2D eigenvalue weighted by Gasteiger charge is 2.33. The number of amides is 2. The number of aldehydes is 1. The van der Waals surface area contributed by atoms with Crippen molar-refractivity contribution in [2.75, 3.05) is 0 Å². The lowest BCUT2D eigenvalue weighted by Crippen LogP contribution is -2.32. The molecule has 1 fully saturated rings. The highest BCUT2D eigenvalue weighted by Crippen LogP contribution is 2.19. The lowest BCUT2D eigenvalue weighted by Gasteiger charge is -2.12. The van der Waals surface area contributed by atoms with Crippen LogP contribution in [-0.4, -0.2) is 34.2 Å². The molecule has 1 heterocycles. The Bertz CT molecular complexity index is 564. The number of rotatable bonds is 3. The van der Waals surface area contributed by atoms with Gasteiger partial charge in [-0.2, -0.15) is 0 Å². The van der Waals surface area contributed by atoms with Crippen LogP contribution in [0.25, 0.3) is 0 Å². The number of aromatic hydroxyl groups is 1. The van der Waals surface area contributed by atoms with Gasteiger partial charge < -0.3 is 9.94 Å². The van der Waals surface area contributed by atoms with E-state index in [2.05, 4.69) is 4.84 Å². The molecule has 0 aliphatic carbocycles. The first-order valence-corrected chi connectivity index (χ1v) is 5.39. The highest BCUT2D eigenvalue weighted by molar-refractivity contribution is 6.03. The molecule has 0 saturated carbocycles. The fraction of sp³-hybridized carbons (Fsp3) is 0.167. The SMILES string of the molecule is O=Cc1cc(C(=O)ON2C(=O)CCC2=O)ccc1O. The topological polar surface area (TPSA) is 101 Å². The number of carbonyl (C=O) groups excluding carboxylic acids is 4. The fourth-order valence-electron chi connectivity index (χ4n) is 1.57. The third-order valence-electron chi connectivity index (χ3n) is 2.57. The van der Waals surface area contributed by atoms with Crippen LogP contribution < -0.4 is 0 Å². The molecule has 1 aromatic carbocycles. The number of hydroxylamine groups is 2. The largest absolute Gasteiger partial charge is 0.507 e. The zero-order valence-electron chi connectivity index (χ0n) is 9.66. The number of benzene rings is 1. The third-order valence-corrected chi connectivity index (χ3v) is 2.57. The molecule has 0 bridgehead atoms. The maximum absolute atomic E-state index is 11.7. The molecule has 1 aromatic rings. The van der Waals surface area contributed by atoms with Gasteiger partial charge >= 0.3 is 5.97 Å². The summed E-state index contributed by atoms with van der Waals surface area (Å²) in [5, 5.41) is 9.70. The summed E-state index contributed by atoms with van der Waals surface area (Å²) < 4.78 is 0. The smallest absolute Gasteiger partial charge is 0.363 e. The fourth-order valence-corrected chi connectivity index (χ4v) is 1.57. The maximum Gasteiger partial charge on any atom is 0.363 e. The van der Waals surface area contributed by atoms with E-state index in [0.717, 1.165) is 12.1 Å². The van der Waals surface area contributed by atoms with E-state index in [9.17, 15) is 24.3 Å². The summed E-state index contributed by atoms with van der Waals surface area (Å²) in [6, 6.07) is 3.47. The van der Waals surface area contributed by atoms with Crippen LogP contribution in [-0.2, 0) is 14.4 Å². The van der Waals surface area contributed by atoms with Gasteiger partial charge in [0.25, 0.3) is 11.8 Å². The minimum absolute atomic E-state index is 0.00127. The van der Waals surface area contributed by atoms with E-state index in [0.29, 0.717) is 11.3 Å². The average Bonchev–Trinajstić information content (AvgIpc) is 2.71. The first kappa shape index (κ1) is 12.7. The molecular weight excluding hydrogens is 254 g/mol. The summed E-state index contributed by atoms with van der Waals surface area (Å²) in [6.07, 6.45) is 0.376. The second-order valence-corrected chi connectivity index (χ2v) is 3.85. The van der Waals surface area contributed by atoms with Gasteiger partial charge in [-0.1, -0.05) is 0 Å². The average molecular weight is 263 g/mol. The summed E-state index contributed by atoms with van der Waals surface area (Å²) in [5.74, 6) is -2.41. The Labute approximate surface area is 107 Å². The quantitative estimate of drug-likeness (QED) is 0.626. The van der Waals surface area contributed by atoms with Gasteiger partial charge in [0.15, 0.2) is 6.29 Å². The monoisotopic (exact) mass is 263 g/mol. The molecule has 98 valence electrons. The molecule has 0 radical (unpaired) electrons. The van der Waals surface area contributed by atoms with Crippen LogP contribution in [0.5, 0.6) is 5.75 Å². The van der Waals surface area contributed by atoms with Gasteiger partial charge in [0, 0.05) is 12.8 Å². The van der Waals surface area contributed by atoms with Crippen LogP contribution in [0.15, 0.2) is 18.2 Å². The van der Waals surface area contributed by atoms with Crippen molar-refractivity contribution < 1.29 is 29.1 Å². The molecule has 1 aliphatic heterocycles. The number of hydrogen-bond donors (Lipinski definition) is 1. The number of imide groups is 1. The van der Waals surface area contributed by atoms with E-state index in [-0.39, 0.29) is 29.7 Å². The second-order valence-electron chi connectivity index (χ2n) is 3.85.